The molecule has 1 aliphatic rings. The summed E-state index contributed by atoms with van der Waals surface area (Å²) in [5.41, 5.74) is 1.57. The molecule has 3 rings (SSSR count). The number of hydrogen-bond acceptors (Lipinski definition) is 3. The van der Waals surface area contributed by atoms with Crippen molar-refractivity contribution in [3.8, 4) is 0 Å². The molecule has 6 heteroatoms. The first-order chi connectivity index (χ1) is 11.6. The van der Waals surface area contributed by atoms with Crippen molar-refractivity contribution in [2.75, 3.05) is 6.61 Å². The number of amides is 1. The minimum Gasteiger partial charge on any atom is -0.371 e. The molecule has 0 aliphatic carbocycles. The van der Waals surface area contributed by atoms with Gasteiger partial charge >= 0.3 is 0 Å². The van der Waals surface area contributed by atoms with Crippen molar-refractivity contribution in [3.05, 3.63) is 65.5 Å². The van der Waals surface area contributed by atoms with E-state index < -0.39 is 17.7 Å². The molecular weight excluding hydrogens is 314 g/mol. The second-order valence-electron chi connectivity index (χ2n) is 5.78. The number of pyridine rings is 1. The highest BCUT2D eigenvalue weighted by Crippen LogP contribution is 2.30. The molecule has 4 nitrogen and oxygen atoms in total. The summed E-state index contributed by atoms with van der Waals surface area (Å²) in [5, 5.41) is 2.94. The molecule has 126 valence electrons. The Bertz CT molecular complexity index is 709. The van der Waals surface area contributed by atoms with Gasteiger partial charge in [-0.15, -0.1) is 0 Å². The van der Waals surface area contributed by atoms with E-state index in [9.17, 15) is 13.6 Å². The van der Waals surface area contributed by atoms with Gasteiger partial charge in [0.2, 0.25) is 5.91 Å². The van der Waals surface area contributed by atoms with E-state index in [-0.39, 0.29) is 11.9 Å². The second-order valence-corrected chi connectivity index (χ2v) is 5.78. The first kappa shape index (κ1) is 16.5. The fourth-order valence-electron chi connectivity index (χ4n) is 2.84. The topological polar surface area (TPSA) is 51.2 Å². The first-order valence-corrected chi connectivity index (χ1v) is 7.88. The first-order valence-electron chi connectivity index (χ1n) is 7.88. The van der Waals surface area contributed by atoms with Gasteiger partial charge in [-0.1, -0.05) is 6.07 Å². The van der Waals surface area contributed by atoms with Crippen LogP contribution in [0.4, 0.5) is 8.78 Å². The maximum atomic E-state index is 13.4. The summed E-state index contributed by atoms with van der Waals surface area (Å²) < 4.78 is 32.1. The molecule has 1 N–H and O–H groups in total. The molecule has 2 heterocycles. The highest BCUT2D eigenvalue weighted by Gasteiger charge is 2.31. The number of nitrogens with one attached hydrogen (secondary N) is 1. The highest BCUT2D eigenvalue weighted by atomic mass is 19.2. The van der Waals surface area contributed by atoms with Crippen LogP contribution < -0.4 is 5.32 Å². The quantitative estimate of drug-likeness (QED) is 0.916. The third-order valence-corrected chi connectivity index (χ3v) is 4.10. The summed E-state index contributed by atoms with van der Waals surface area (Å²) in [5.74, 6) is -1.89. The number of hydrogen-bond donors (Lipinski definition) is 1. The van der Waals surface area contributed by atoms with Crippen LogP contribution in [-0.2, 0) is 16.0 Å². The van der Waals surface area contributed by atoms with Gasteiger partial charge in [-0.2, -0.15) is 0 Å². The van der Waals surface area contributed by atoms with E-state index in [2.05, 4.69) is 10.3 Å². The number of nitrogens with zero attached hydrogens (tertiary/aromatic N) is 1. The van der Waals surface area contributed by atoms with E-state index in [4.69, 9.17) is 4.74 Å². The molecule has 1 aromatic carbocycles. The Balaban J connectivity index is 1.59. The van der Waals surface area contributed by atoms with Crippen LogP contribution in [0.1, 0.15) is 30.1 Å². The van der Waals surface area contributed by atoms with Crippen molar-refractivity contribution in [2.24, 2.45) is 0 Å². The van der Waals surface area contributed by atoms with Crippen molar-refractivity contribution in [1.29, 1.82) is 0 Å². The summed E-state index contributed by atoms with van der Waals surface area (Å²) in [6, 6.07) is 7.20. The van der Waals surface area contributed by atoms with Crippen LogP contribution in [0.5, 0.6) is 0 Å². The summed E-state index contributed by atoms with van der Waals surface area (Å²) >= 11 is 0. The normalized spacial score (nSPS) is 20.1. The number of aromatic nitrogens is 1. The van der Waals surface area contributed by atoms with E-state index in [1.54, 1.807) is 12.4 Å². The Labute approximate surface area is 138 Å². The third-order valence-electron chi connectivity index (χ3n) is 4.10. The van der Waals surface area contributed by atoms with Crippen LogP contribution in [0.3, 0.4) is 0 Å². The summed E-state index contributed by atoms with van der Waals surface area (Å²) in [7, 11) is 0. The number of rotatable bonds is 5. The van der Waals surface area contributed by atoms with Crippen molar-refractivity contribution >= 4 is 5.91 Å². The molecule has 1 aromatic heterocycles. The van der Waals surface area contributed by atoms with Crippen molar-refractivity contribution < 1.29 is 18.3 Å². The van der Waals surface area contributed by atoms with E-state index >= 15 is 0 Å². The van der Waals surface area contributed by atoms with Crippen LogP contribution in [0, 0.1) is 11.6 Å². The van der Waals surface area contributed by atoms with Gasteiger partial charge in [-0.25, -0.2) is 8.78 Å². The van der Waals surface area contributed by atoms with Gasteiger partial charge in [0.15, 0.2) is 11.6 Å². The molecule has 1 amide bonds. The molecule has 24 heavy (non-hydrogen) atoms. The van der Waals surface area contributed by atoms with Crippen molar-refractivity contribution in [1.82, 2.24) is 10.3 Å². The van der Waals surface area contributed by atoms with Crippen molar-refractivity contribution in [3.63, 3.8) is 0 Å². The Morgan fingerprint density at radius 1 is 1.21 bits per heavy atom. The highest BCUT2D eigenvalue weighted by molar-refractivity contribution is 5.76. The SMILES string of the molecule is O=C(CCc1ccncc1)N[C@H]1CCO[C@H]1c1ccc(F)c(F)c1. The minimum absolute atomic E-state index is 0.0881. The molecule has 1 fully saturated rings. The lowest BCUT2D eigenvalue weighted by Gasteiger charge is -2.20. The fourth-order valence-corrected chi connectivity index (χ4v) is 2.84. The zero-order valence-electron chi connectivity index (χ0n) is 13.0. The standard InChI is InChI=1S/C18H18F2N2O2/c19-14-3-2-13(11-15(14)20)18-16(7-10-24-18)22-17(23)4-1-12-5-8-21-9-6-12/h2-3,5-6,8-9,11,16,18H,1,4,7,10H2,(H,22,23)/t16-,18-/m0/s1. The average Bonchev–Trinajstić information content (AvgIpc) is 3.04. The summed E-state index contributed by atoms with van der Waals surface area (Å²) in [6.07, 6.45) is 4.55. The summed E-state index contributed by atoms with van der Waals surface area (Å²) in [4.78, 5) is 16.1. The Hall–Kier alpha value is -2.34. The number of aryl methyl sites for hydroxylation is 1. The van der Waals surface area contributed by atoms with Gasteiger partial charge in [-0.3, -0.25) is 9.78 Å². The third kappa shape index (κ3) is 3.94. The largest absolute Gasteiger partial charge is 0.371 e. The minimum atomic E-state index is -0.911. The molecule has 2 aromatic rings. The maximum Gasteiger partial charge on any atom is 0.220 e. The zero-order valence-corrected chi connectivity index (χ0v) is 13.0. The molecule has 0 saturated carbocycles. The van der Waals surface area contributed by atoms with Crippen LogP contribution in [0.2, 0.25) is 0 Å². The van der Waals surface area contributed by atoms with Gasteiger partial charge < -0.3 is 10.1 Å². The maximum absolute atomic E-state index is 13.4. The molecule has 0 unspecified atom stereocenters. The van der Waals surface area contributed by atoms with Crippen LogP contribution in [-0.4, -0.2) is 23.5 Å². The second kappa shape index (κ2) is 7.49. The number of ether oxygens (including phenoxy) is 1. The molecular formula is C18H18F2N2O2. The zero-order chi connectivity index (χ0) is 16.9. The Kier molecular flexibility index (Phi) is 5.15. The Morgan fingerprint density at radius 2 is 2.00 bits per heavy atom. The molecule has 0 radical (unpaired) electrons. The molecule has 1 saturated heterocycles. The number of carbonyl (C=O) groups is 1. The van der Waals surface area contributed by atoms with Gasteiger partial charge in [-0.05, 0) is 48.2 Å². The van der Waals surface area contributed by atoms with E-state index in [1.807, 2.05) is 12.1 Å². The molecule has 0 spiro atoms. The predicted molar refractivity (Wildman–Crippen MR) is 84.2 cm³/mol. The fraction of sp³-hybridized carbons (Fsp3) is 0.333. The lowest BCUT2D eigenvalue weighted by molar-refractivity contribution is -0.122. The molecule has 1 aliphatic heterocycles. The van der Waals surface area contributed by atoms with Gasteiger partial charge in [0.1, 0.15) is 6.10 Å². The Morgan fingerprint density at radius 3 is 2.75 bits per heavy atom. The van der Waals surface area contributed by atoms with Crippen molar-refractivity contribution in [2.45, 2.75) is 31.4 Å². The number of benzene rings is 1. The average molecular weight is 332 g/mol. The van der Waals surface area contributed by atoms with Crippen LogP contribution in [0.25, 0.3) is 0 Å². The van der Waals surface area contributed by atoms with Crippen LogP contribution >= 0.6 is 0 Å². The monoisotopic (exact) mass is 332 g/mol. The smallest absolute Gasteiger partial charge is 0.220 e. The van der Waals surface area contributed by atoms with Gasteiger partial charge in [0.05, 0.1) is 6.04 Å². The van der Waals surface area contributed by atoms with Gasteiger partial charge in [0, 0.05) is 25.4 Å². The lowest BCUT2D eigenvalue weighted by Crippen LogP contribution is -2.37. The predicted octanol–water partition coefficient (Wildman–Crippen LogP) is 2.94. The lowest BCUT2D eigenvalue weighted by atomic mass is 10.0. The number of carbonyl (C=O) groups excluding carboxylic acids is 1. The molecule has 2 atom stereocenters. The number of halogens is 2. The van der Waals surface area contributed by atoms with E-state index in [1.165, 1.54) is 6.07 Å². The van der Waals surface area contributed by atoms with E-state index in [0.717, 1.165) is 17.7 Å². The van der Waals surface area contributed by atoms with E-state index in [0.29, 0.717) is 31.4 Å². The van der Waals surface area contributed by atoms with Crippen LogP contribution in [0.15, 0.2) is 42.7 Å². The molecule has 0 bridgehead atoms. The van der Waals surface area contributed by atoms with Gasteiger partial charge in [0.25, 0.3) is 0 Å². The summed E-state index contributed by atoms with van der Waals surface area (Å²) in [6.45, 7) is 0.471.